The summed E-state index contributed by atoms with van der Waals surface area (Å²) in [6.45, 7) is 0.736. The topological polar surface area (TPSA) is 120 Å². The van der Waals surface area contributed by atoms with Crippen molar-refractivity contribution in [3.05, 3.63) is 26.7 Å². The summed E-state index contributed by atoms with van der Waals surface area (Å²) in [5, 5.41) is 0. The van der Waals surface area contributed by atoms with Gasteiger partial charge in [-0.05, 0) is 38.1 Å². The number of nitrogens with zero attached hydrogens (tertiary/aromatic N) is 1. The van der Waals surface area contributed by atoms with E-state index >= 15 is 0 Å². The summed E-state index contributed by atoms with van der Waals surface area (Å²) in [6.07, 6.45) is 4.21. The van der Waals surface area contributed by atoms with E-state index in [1.54, 1.807) is 0 Å². The molecule has 3 rings (SSSR count). The minimum atomic E-state index is -0.526. The standard InChI is InChI=1S/C12H17N5O2/c13-5-6-1-3-7(4-2-6)9-14-8-10(15-9)16-12(19)17-11(8)18/h6-7H,1-5,13H2,(H3,14,15,16,17,18,19). The Morgan fingerprint density at radius 2 is 1.84 bits per heavy atom. The Bertz CT molecular complexity index is 690. The van der Waals surface area contributed by atoms with Crippen LogP contribution < -0.4 is 17.0 Å². The third kappa shape index (κ3) is 2.21. The van der Waals surface area contributed by atoms with Crippen molar-refractivity contribution in [1.29, 1.82) is 0 Å². The van der Waals surface area contributed by atoms with Crippen LogP contribution >= 0.6 is 0 Å². The summed E-state index contributed by atoms with van der Waals surface area (Å²) in [4.78, 5) is 34.9. The third-order valence-electron chi connectivity index (χ3n) is 3.97. The summed E-state index contributed by atoms with van der Waals surface area (Å²) >= 11 is 0. The fourth-order valence-electron chi connectivity index (χ4n) is 2.82. The third-order valence-corrected chi connectivity index (χ3v) is 3.97. The zero-order valence-corrected chi connectivity index (χ0v) is 10.5. The first-order valence-corrected chi connectivity index (χ1v) is 6.59. The number of H-pyrrole nitrogens is 3. The maximum absolute atomic E-state index is 11.6. The van der Waals surface area contributed by atoms with E-state index in [4.69, 9.17) is 5.73 Å². The fraction of sp³-hybridized carbons (Fsp3) is 0.583. The maximum Gasteiger partial charge on any atom is 0.327 e. The zero-order chi connectivity index (χ0) is 13.4. The van der Waals surface area contributed by atoms with Gasteiger partial charge in [0.2, 0.25) is 0 Å². The first-order chi connectivity index (χ1) is 9.17. The van der Waals surface area contributed by atoms with Crippen molar-refractivity contribution >= 4 is 11.2 Å². The summed E-state index contributed by atoms with van der Waals surface area (Å²) in [5.41, 5.74) is 5.41. The average Bonchev–Trinajstić information content (AvgIpc) is 2.83. The number of nitrogens with one attached hydrogen (secondary N) is 3. The van der Waals surface area contributed by atoms with Gasteiger partial charge in [-0.25, -0.2) is 9.78 Å². The quantitative estimate of drug-likeness (QED) is 0.617. The lowest BCUT2D eigenvalue weighted by atomic mass is 9.82. The number of aromatic nitrogens is 4. The molecule has 0 aliphatic heterocycles. The molecular formula is C12H17N5O2. The molecule has 7 nitrogen and oxygen atoms in total. The number of hydrogen-bond acceptors (Lipinski definition) is 4. The molecule has 0 unspecified atom stereocenters. The van der Waals surface area contributed by atoms with Gasteiger partial charge in [0.1, 0.15) is 11.3 Å². The van der Waals surface area contributed by atoms with Gasteiger partial charge in [0.25, 0.3) is 5.56 Å². The van der Waals surface area contributed by atoms with Crippen molar-refractivity contribution in [2.45, 2.75) is 31.6 Å². The molecule has 102 valence electrons. The van der Waals surface area contributed by atoms with Crippen LogP contribution in [0.2, 0.25) is 0 Å². The molecule has 0 bridgehead atoms. The normalized spacial score (nSPS) is 23.8. The van der Waals surface area contributed by atoms with Crippen LogP contribution in [0.25, 0.3) is 11.2 Å². The molecule has 1 saturated carbocycles. The van der Waals surface area contributed by atoms with Gasteiger partial charge in [0, 0.05) is 5.92 Å². The Hall–Kier alpha value is -1.89. The van der Waals surface area contributed by atoms with Gasteiger partial charge in [-0.1, -0.05) is 0 Å². The molecule has 2 heterocycles. The molecule has 5 N–H and O–H groups in total. The predicted molar refractivity (Wildman–Crippen MR) is 71.1 cm³/mol. The molecule has 2 aromatic heterocycles. The fourth-order valence-corrected chi connectivity index (χ4v) is 2.82. The van der Waals surface area contributed by atoms with Crippen LogP contribution in [0.3, 0.4) is 0 Å². The van der Waals surface area contributed by atoms with Gasteiger partial charge in [-0.2, -0.15) is 0 Å². The van der Waals surface area contributed by atoms with E-state index in [1.165, 1.54) is 0 Å². The highest BCUT2D eigenvalue weighted by molar-refractivity contribution is 5.68. The maximum atomic E-state index is 11.6. The Balaban J connectivity index is 1.92. The Kier molecular flexibility index (Phi) is 2.98. The molecule has 1 aliphatic rings. The molecule has 2 aromatic rings. The van der Waals surface area contributed by atoms with Crippen LogP contribution in [0, 0.1) is 5.92 Å². The van der Waals surface area contributed by atoms with Crippen molar-refractivity contribution in [2.75, 3.05) is 6.54 Å². The number of nitrogens with two attached hydrogens (primary N) is 1. The predicted octanol–water partition coefficient (Wildman–Crippen LogP) is 0.172. The molecule has 0 saturated heterocycles. The molecule has 1 fully saturated rings. The van der Waals surface area contributed by atoms with E-state index in [1.807, 2.05) is 0 Å². The number of fused-ring (bicyclic) bond motifs is 1. The summed E-state index contributed by atoms with van der Waals surface area (Å²) in [5.74, 6) is 1.71. The van der Waals surface area contributed by atoms with Gasteiger partial charge in [0.15, 0.2) is 5.65 Å². The first-order valence-electron chi connectivity index (χ1n) is 6.59. The lowest BCUT2D eigenvalue weighted by molar-refractivity contribution is 0.326. The minimum Gasteiger partial charge on any atom is -0.336 e. The van der Waals surface area contributed by atoms with Gasteiger partial charge >= 0.3 is 5.69 Å². The van der Waals surface area contributed by atoms with Gasteiger partial charge in [0.05, 0.1) is 0 Å². The molecule has 0 amide bonds. The first kappa shape index (κ1) is 12.2. The summed E-state index contributed by atoms with van der Waals surface area (Å²) in [7, 11) is 0. The van der Waals surface area contributed by atoms with Crippen LogP contribution in [-0.4, -0.2) is 26.5 Å². The van der Waals surface area contributed by atoms with E-state index in [-0.39, 0.29) is 0 Å². The molecule has 0 spiro atoms. The minimum absolute atomic E-state index is 0.318. The second-order valence-electron chi connectivity index (χ2n) is 5.21. The monoisotopic (exact) mass is 263 g/mol. The van der Waals surface area contributed by atoms with Gasteiger partial charge < -0.3 is 10.7 Å². The van der Waals surface area contributed by atoms with Crippen LogP contribution in [0.1, 0.15) is 37.4 Å². The smallest absolute Gasteiger partial charge is 0.327 e. The van der Waals surface area contributed by atoms with E-state index in [9.17, 15) is 9.59 Å². The Labute approximate surface area is 108 Å². The molecule has 0 radical (unpaired) electrons. The zero-order valence-electron chi connectivity index (χ0n) is 10.5. The van der Waals surface area contributed by atoms with Crippen LogP contribution in [0.5, 0.6) is 0 Å². The Morgan fingerprint density at radius 1 is 1.11 bits per heavy atom. The molecule has 0 aromatic carbocycles. The molecular weight excluding hydrogens is 246 g/mol. The van der Waals surface area contributed by atoms with Crippen molar-refractivity contribution in [1.82, 2.24) is 19.9 Å². The highest BCUT2D eigenvalue weighted by Crippen LogP contribution is 2.34. The lowest BCUT2D eigenvalue weighted by Crippen LogP contribution is -2.21. The van der Waals surface area contributed by atoms with E-state index in [0.717, 1.165) is 38.1 Å². The summed E-state index contributed by atoms with van der Waals surface area (Å²) < 4.78 is 0. The SMILES string of the molecule is NCC1CCC(c2nc3[nH]c(=O)[nH]c(=O)c3[nH]2)CC1. The number of imidazole rings is 1. The van der Waals surface area contributed by atoms with Crippen LogP contribution in [0.4, 0.5) is 0 Å². The van der Waals surface area contributed by atoms with Crippen LogP contribution in [0.15, 0.2) is 9.59 Å². The largest absolute Gasteiger partial charge is 0.336 e. The van der Waals surface area contributed by atoms with Crippen LogP contribution in [-0.2, 0) is 0 Å². The molecule has 1 aliphatic carbocycles. The van der Waals surface area contributed by atoms with E-state index < -0.39 is 11.2 Å². The van der Waals surface area contributed by atoms with Crippen molar-refractivity contribution in [3.63, 3.8) is 0 Å². The highest BCUT2D eigenvalue weighted by Gasteiger charge is 2.24. The molecule has 7 heteroatoms. The van der Waals surface area contributed by atoms with Crippen molar-refractivity contribution in [2.24, 2.45) is 11.7 Å². The molecule has 19 heavy (non-hydrogen) atoms. The second-order valence-corrected chi connectivity index (χ2v) is 5.21. The van der Waals surface area contributed by atoms with E-state index in [0.29, 0.717) is 23.0 Å². The number of aromatic amines is 3. The number of hydrogen-bond donors (Lipinski definition) is 4. The van der Waals surface area contributed by atoms with Crippen molar-refractivity contribution in [3.8, 4) is 0 Å². The van der Waals surface area contributed by atoms with E-state index in [2.05, 4.69) is 19.9 Å². The summed E-state index contributed by atoms with van der Waals surface area (Å²) in [6, 6.07) is 0. The van der Waals surface area contributed by atoms with Crippen molar-refractivity contribution < 1.29 is 0 Å². The van der Waals surface area contributed by atoms with Gasteiger partial charge in [-0.3, -0.25) is 14.8 Å². The number of rotatable bonds is 2. The average molecular weight is 263 g/mol. The Morgan fingerprint density at radius 3 is 2.53 bits per heavy atom. The molecule has 0 atom stereocenters. The second kappa shape index (κ2) is 4.65. The lowest BCUT2D eigenvalue weighted by Gasteiger charge is -2.26. The highest BCUT2D eigenvalue weighted by atomic mass is 16.2. The van der Waals surface area contributed by atoms with Gasteiger partial charge in [-0.15, -0.1) is 0 Å².